The molecule has 2 aromatic rings. The summed E-state index contributed by atoms with van der Waals surface area (Å²) < 4.78 is 24.7. The van der Waals surface area contributed by atoms with Gasteiger partial charge in [-0.3, -0.25) is 4.79 Å². The van der Waals surface area contributed by atoms with E-state index < -0.39 is 10.0 Å². The maximum atomic E-state index is 12.7. The highest BCUT2D eigenvalue weighted by molar-refractivity contribution is 7.88. The Morgan fingerprint density at radius 3 is 2.44 bits per heavy atom. The molecule has 1 aliphatic rings. The van der Waals surface area contributed by atoms with Gasteiger partial charge in [-0.1, -0.05) is 42.5 Å². The highest BCUT2D eigenvalue weighted by Gasteiger charge is 2.22. The number of anilines is 1. The number of sulfonamides is 1. The zero-order valence-corrected chi connectivity index (χ0v) is 21.6. The second kappa shape index (κ2) is 13.1. The van der Waals surface area contributed by atoms with Crippen LogP contribution in [0.25, 0.3) is 0 Å². The van der Waals surface area contributed by atoms with Gasteiger partial charge in [0.1, 0.15) is 0 Å². The van der Waals surface area contributed by atoms with Crippen LogP contribution in [0.5, 0.6) is 0 Å². The van der Waals surface area contributed by atoms with E-state index in [0.29, 0.717) is 26.1 Å². The number of carbonyl (C=O) groups is 1. The number of benzene rings is 2. The summed E-state index contributed by atoms with van der Waals surface area (Å²) in [4.78, 5) is 16.7. The number of halogens is 1. The summed E-state index contributed by atoms with van der Waals surface area (Å²) in [7, 11) is -1.30. The number of nitrogens with zero attached hydrogens (tertiary/aromatic N) is 2. The third kappa shape index (κ3) is 8.91. The van der Waals surface area contributed by atoms with E-state index in [1.807, 2.05) is 43.4 Å². The largest absolute Gasteiger partial charge is 0.391 e. The number of aryl methyl sites for hydroxylation is 1. The zero-order valence-electron chi connectivity index (χ0n) is 19.9. The van der Waals surface area contributed by atoms with Crippen molar-refractivity contribution in [3.05, 3.63) is 65.2 Å². The Bertz CT molecular complexity index is 1030. The van der Waals surface area contributed by atoms with Crippen molar-refractivity contribution in [3.63, 3.8) is 0 Å². The van der Waals surface area contributed by atoms with Crippen molar-refractivity contribution in [2.24, 2.45) is 0 Å². The first-order chi connectivity index (χ1) is 15.7. The van der Waals surface area contributed by atoms with Gasteiger partial charge in [0.25, 0.3) is 0 Å². The number of likely N-dealkylation sites (N-methyl/N-ethyl adjacent to an activating group) is 1. The van der Waals surface area contributed by atoms with Gasteiger partial charge in [-0.2, -0.15) is 0 Å². The van der Waals surface area contributed by atoms with Crippen LogP contribution in [-0.4, -0.2) is 69.9 Å². The number of para-hydroxylation sites is 1. The minimum Gasteiger partial charge on any atom is -0.391 e. The summed E-state index contributed by atoms with van der Waals surface area (Å²) in [6.45, 7) is 2.58. The number of nitrogens with one attached hydrogen (secondary N) is 1. The first kappa shape index (κ1) is 28.1. The minimum absolute atomic E-state index is 0. The molecule has 188 valence electrons. The van der Waals surface area contributed by atoms with E-state index in [0.717, 1.165) is 55.3 Å². The third-order valence-corrected chi connectivity index (χ3v) is 6.75. The van der Waals surface area contributed by atoms with Crippen LogP contribution in [0.3, 0.4) is 0 Å². The fourth-order valence-electron chi connectivity index (χ4n) is 4.09. The first-order valence-electron chi connectivity index (χ1n) is 11.5. The van der Waals surface area contributed by atoms with E-state index in [-0.39, 0.29) is 24.4 Å². The Hall–Kier alpha value is -2.13. The van der Waals surface area contributed by atoms with Crippen LogP contribution in [0.1, 0.15) is 29.5 Å². The minimum atomic E-state index is -3.14. The van der Waals surface area contributed by atoms with E-state index in [2.05, 4.69) is 21.8 Å². The smallest absolute Gasteiger partial charge is 0.226 e. The Labute approximate surface area is 209 Å². The molecule has 1 saturated heterocycles. The van der Waals surface area contributed by atoms with Gasteiger partial charge in [0.15, 0.2) is 0 Å². The second-order valence-electron chi connectivity index (χ2n) is 8.85. The predicted molar refractivity (Wildman–Crippen MR) is 139 cm³/mol. The molecule has 34 heavy (non-hydrogen) atoms. The SMILES string of the molecule is CN(CCc1ccccc1N1CC[C@H](O)C1)C(=O)Cc1ccc(CCCNS(C)(=O)=O)cc1.Cl. The van der Waals surface area contributed by atoms with Gasteiger partial charge in [0, 0.05) is 38.9 Å². The summed E-state index contributed by atoms with van der Waals surface area (Å²) >= 11 is 0. The van der Waals surface area contributed by atoms with Crippen LogP contribution < -0.4 is 9.62 Å². The van der Waals surface area contributed by atoms with Gasteiger partial charge >= 0.3 is 0 Å². The average molecular weight is 510 g/mol. The van der Waals surface area contributed by atoms with Gasteiger partial charge in [0.05, 0.1) is 18.8 Å². The van der Waals surface area contributed by atoms with E-state index in [1.165, 1.54) is 5.56 Å². The highest BCUT2D eigenvalue weighted by atomic mass is 35.5. The fourth-order valence-corrected chi connectivity index (χ4v) is 4.60. The van der Waals surface area contributed by atoms with Crippen LogP contribution in [-0.2, 0) is 34.1 Å². The standard InChI is InChI=1S/C25H35N3O4S.ClH/c1-27(16-13-22-7-3-4-8-24(22)28-17-14-23(29)19-28)25(30)18-21-11-9-20(10-12-21)6-5-15-26-33(2,31)32;/h3-4,7-12,23,26,29H,5-6,13-19H2,1-2H3;1H/t23-;/m0./s1. The van der Waals surface area contributed by atoms with Crippen molar-refractivity contribution < 1.29 is 18.3 Å². The molecule has 0 spiro atoms. The van der Waals surface area contributed by atoms with E-state index in [4.69, 9.17) is 0 Å². The Kier molecular flexibility index (Phi) is 10.8. The lowest BCUT2D eigenvalue weighted by atomic mass is 10.0. The lowest BCUT2D eigenvalue weighted by Gasteiger charge is -2.23. The number of amides is 1. The van der Waals surface area contributed by atoms with Crippen molar-refractivity contribution in [3.8, 4) is 0 Å². The summed E-state index contributed by atoms with van der Waals surface area (Å²) in [5, 5.41) is 9.86. The zero-order chi connectivity index (χ0) is 23.8. The lowest BCUT2D eigenvalue weighted by molar-refractivity contribution is -0.129. The van der Waals surface area contributed by atoms with Gasteiger partial charge in [0.2, 0.25) is 15.9 Å². The molecule has 0 aliphatic carbocycles. The molecule has 2 aromatic carbocycles. The van der Waals surface area contributed by atoms with Gasteiger partial charge in [-0.15, -0.1) is 12.4 Å². The van der Waals surface area contributed by atoms with Crippen LogP contribution in [0.15, 0.2) is 48.5 Å². The number of aliphatic hydroxyl groups excluding tert-OH is 1. The van der Waals surface area contributed by atoms with Crippen LogP contribution >= 0.6 is 12.4 Å². The number of aliphatic hydroxyl groups is 1. The molecule has 2 N–H and O–H groups in total. The molecule has 3 rings (SSSR count). The molecule has 0 aromatic heterocycles. The number of carbonyl (C=O) groups excluding carboxylic acids is 1. The molecule has 1 atom stereocenters. The van der Waals surface area contributed by atoms with Crippen molar-refractivity contribution in [2.45, 2.75) is 38.2 Å². The number of hydrogen-bond acceptors (Lipinski definition) is 5. The Morgan fingerprint density at radius 1 is 1.12 bits per heavy atom. The summed E-state index contributed by atoms with van der Waals surface area (Å²) in [6, 6.07) is 16.2. The quantitative estimate of drug-likeness (QED) is 0.454. The predicted octanol–water partition coefficient (Wildman–Crippen LogP) is 2.40. The van der Waals surface area contributed by atoms with Crippen LogP contribution in [0.4, 0.5) is 5.69 Å². The molecular weight excluding hydrogens is 474 g/mol. The molecule has 0 unspecified atom stereocenters. The summed E-state index contributed by atoms with van der Waals surface area (Å²) in [5.74, 6) is 0.0779. The van der Waals surface area contributed by atoms with Crippen LogP contribution in [0, 0.1) is 0 Å². The third-order valence-electron chi connectivity index (χ3n) is 6.02. The molecule has 0 radical (unpaired) electrons. The van der Waals surface area contributed by atoms with Crippen molar-refractivity contribution in [2.75, 3.05) is 44.4 Å². The molecule has 9 heteroatoms. The van der Waals surface area contributed by atoms with Crippen LogP contribution in [0.2, 0.25) is 0 Å². The molecule has 0 bridgehead atoms. The van der Waals surface area contributed by atoms with Gasteiger partial charge in [-0.05, 0) is 48.4 Å². The Morgan fingerprint density at radius 2 is 1.79 bits per heavy atom. The Balaban J connectivity index is 0.00000408. The number of rotatable bonds is 11. The second-order valence-corrected chi connectivity index (χ2v) is 10.7. The fraction of sp³-hybridized carbons (Fsp3) is 0.480. The highest BCUT2D eigenvalue weighted by Crippen LogP contribution is 2.25. The van der Waals surface area contributed by atoms with E-state index >= 15 is 0 Å². The lowest BCUT2D eigenvalue weighted by Crippen LogP contribution is -2.30. The molecule has 1 amide bonds. The monoisotopic (exact) mass is 509 g/mol. The molecular formula is C25H36ClN3O4S. The first-order valence-corrected chi connectivity index (χ1v) is 13.4. The van der Waals surface area contributed by atoms with Gasteiger partial charge < -0.3 is 14.9 Å². The normalized spacial score (nSPS) is 15.7. The molecule has 7 nitrogen and oxygen atoms in total. The van der Waals surface area contributed by atoms with Crippen molar-refractivity contribution in [1.82, 2.24) is 9.62 Å². The molecule has 1 aliphatic heterocycles. The topological polar surface area (TPSA) is 89.9 Å². The summed E-state index contributed by atoms with van der Waals surface area (Å²) in [6.07, 6.45) is 4.32. The number of hydrogen-bond donors (Lipinski definition) is 2. The number of β-amino-alcohol motifs (C(OH)–C–C–N with tert-alkyl or cyclic N) is 1. The maximum Gasteiger partial charge on any atom is 0.226 e. The van der Waals surface area contributed by atoms with E-state index in [1.54, 1.807) is 4.90 Å². The molecule has 1 heterocycles. The van der Waals surface area contributed by atoms with E-state index in [9.17, 15) is 18.3 Å². The maximum absolute atomic E-state index is 12.7. The molecule has 1 fully saturated rings. The average Bonchev–Trinajstić information content (AvgIpc) is 3.21. The van der Waals surface area contributed by atoms with Gasteiger partial charge in [-0.25, -0.2) is 13.1 Å². The van der Waals surface area contributed by atoms with Crippen molar-refractivity contribution in [1.29, 1.82) is 0 Å². The molecule has 0 saturated carbocycles. The summed E-state index contributed by atoms with van der Waals surface area (Å²) in [5.41, 5.74) is 4.44. The van der Waals surface area contributed by atoms with Crippen molar-refractivity contribution >= 4 is 34.0 Å².